The number of hydrogen-bond acceptors (Lipinski definition) is 5. The first-order valence-electron chi connectivity index (χ1n) is 9.31. The van der Waals surface area contributed by atoms with Gasteiger partial charge in [-0.2, -0.15) is 0 Å². The van der Waals surface area contributed by atoms with Crippen molar-refractivity contribution in [3.05, 3.63) is 58.6 Å². The summed E-state index contributed by atoms with van der Waals surface area (Å²) in [6, 6.07) is 8.07. The molecule has 0 heterocycles. The van der Waals surface area contributed by atoms with Crippen LogP contribution in [-0.4, -0.2) is 37.5 Å². The summed E-state index contributed by atoms with van der Waals surface area (Å²) in [6.07, 6.45) is 0.440. The number of esters is 1. The summed E-state index contributed by atoms with van der Waals surface area (Å²) in [5, 5.41) is 5.15. The number of ether oxygens (including phenoxy) is 2. The number of nitrogens with one attached hydrogen (secondary N) is 2. The molecular weight excluding hydrogens is 434 g/mol. The van der Waals surface area contributed by atoms with E-state index in [1.807, 2.05) is 6.92 Å². The molecule has 0 unspecified atom stereocenters. The second-order valence-electron chi connectivity index (χ2n) is 6.48. The molecule has 31 heavy (non-hydrogen) atoms. The molecule has 0 aliphatic heterocycles. The highest BCUT2D eigenvalue weighted by molar-refractivity contribution is 6.30. The topological polar surface area (TPSA) is 93.7 Å². The van der Waals surface area contributed by atoms with Crippen molar-refractivity contribution in [1.29, 1.82) is 0 Å². The van der Waals surface area contributed by atoms with Crippen molar-refractivity contribution < 1.29 is 32.6 Å². The zero-order valence-electron chi connectivity index (χ0n) is 16.7. The number of halogens is 3. The number of benzene rings is 2. The maximum atomic E-state index is 13.1. The Morgan fingerprint density at radius 2 is 1.81 bits per heavy atom. The maximum absolute atomic E-state index is 13.1. The summed E-state index contributed by atoms with van der Waals surface area (Å²) >= 11 is 5.87. The van der Waals surface area contributed by atoms with Crippen molar-refractivity contribution in [2.75, 3.05) is 25.1 Å². The second-order valence-corrected chi connectivity index (χ2v) is 6.91. The van der Waals surface area contributed by atoms with E-state index in [-0.39, 0.29) is 18.7 Å². The lowest BCUT2D eigenvalue weighted by Crippen LogP contribution is -2.35. The Bertz CT molecular complexity index is 955. The van der Waals surface area contributed by atoms with Gasteiger partial charge in [-0.3, -0.25) is 14.4 Å². The van der Waals surface area contributed by atoms with Gasteiger partial charge in [-0.05, 0) is 49.2 Å². The standard InChI is InChI=1S/C21H21ClF2N2O5/c1-13-9-14(22)4-7-18(13)30-8-2-3-21(29)31-12-20(28)25-11-19(27)26-15-5-6-16(23)17(24)10-15/h4-7,9-10H,2-3,8,11-12H2,1H3,(H,25,28)(H,26,27). The molecular formula is C21H21ClF2N2O5. The first kappa shape index (κ1) is 24.1. The minimum atomic E-state index is -1.11. The second kappa shape index (κ2) is 11.8. The van der Waals surface area contributed by atoms with Crippen molar-refractivity contribution in [1.82, 2.24) is 5.32 Å². The third-order valence-corrected chi connectivity index (χ3v) is 4.17. The molecule has 0 saturated heterocycles. The lowest BCUT2D eigenvalue weighted by atomic mass is 10.2. The lowest BCUT2D eigenvalue weighted by Gasteiger charge is -2.10. The van der Waals surface area contributed by atoms with Crippen LogP contribution in [0.25, 0.3) is 0 Å². The fourth-order valence-corrected chi connectivity index (χ4v) is 2.63. The molecule has 0 aromatic heterocycles. The zero-order chi connectivity index (χ0) is 22.8. The van der Waals surface area contributed by atoms with Crippen LogP contribution in [0, 0.1) is 18.6 Å². The van der Waals surface area contributed by atoms with E-state index in [9.17, 15) is 23.2 Å². The molecule has 7 nitrogen and oxygen atoms in total. The van der Waals surface area contributed by atoms with Gasteiger partial charge in [0.1, 0.15) is 5.75 Å². The molecule has 0 atom stereocenters. The number of amides is 2. The highest BCUT2D eigenvalue weighted by Gasteiger charge is 2.11. The predicted octanol–water partition coefficient (Wildman–Crippen LogP) is 3.38. The first-order chi connectivity index (χ1) is 14.7. The number of rotatable bonds is 10. The van der Waals surface area contributed by atoms with E-state index < -0.39 is 42.6 Å². The predicted molar refractivity (Wildman–Crippen MR) is 110 cm³/mol. The molecule has 2 N–H and O–H groups in total. The highest BCUT2D eigenvalue weighted by Crippen LogP contribution is 2.22. The Balaban J connectivity index is 1.59. The summed E-state index contributed by atoms with van der Waals surface area (Å²) < 4.78 is 36.3. The van der Waals surface area contributed by atoms with E-state index >= 15 is 0 Å². The molecule has 0 saturated carbocycles. The van der Waals surface area contributed by atoms with Crippen molar-refractivity contribution in [2.45, 2.75) is 19.8 Å². The fourth-order valence-electron chi connectivity index (χ4n) is 2.40. The van der Waals surface area contributed by atoms with Crippen LogP contribution in [-0.2, 0) is 19.1 Å². The molecule has 0 bridgehead atoms. The molecule has 2 aromatic carbocycles. The van der Waals surface area contributed by atoms with E-state index in [0.29, 0.717) is 17.2 Å². The lowest BCUT2D eigenvalue weighted by molar-refractivity contribution is -0.148. The zero-order valence-corrected chi connectivity index (χ0v) is 17.4. The summed E-state index contributed by atoms with van der Waals surface area (Å²) in [4.78, 5) is 35.1. The van der Waals surface area contributed by atoms with Crippen LogP contribution >= 0.6 is 11.6 Å². The molecule has 0 aliphatic carbocycles. The van der Waals surface area contributed by atoms with Crippen LogP contribution in [0.1, 0.15) is 18.4 Å². The maximum Gasteiger partial charge on any atom is 0.306 e. The number of carbonyl (C=O) groups is 3. The summed E-state index contributed by atoms with van der Waals surface area (Å²) in [7, 11) is 0. The quantitative estimate of drug-likeness (QED) is 0.424. The molecule has 2 amide bonds. The average molecular weight is 455 g/mol. The van der Waals surface area contributed by atoms with Gasteiger partial charge in [0, 0.05) is 23.2 Å². The molecule has 10 heteroatoms. The van der Waals surface area contributed by atoms with Crippen LogP contribution < -0.4 is 15.4 Å². The highest BCUT2D eigenvalue weighted by atomic mass is 35.5. The van der Waals surface area contributed by atoms with Crippen LogP contribution in [0.3, 0.4) is 0 Å². The van der Waals surface area contributed by atoms with Gasteiger partial charge in [-0.15, -0.1) is 0 Å². The number of aryl methyl sites for hydroxylation is 1. The van der Waals surface area contributed by atoms with Gasteiger partial charge in [-0.1, -0.05) is 11.6 Å². The SMILES string of the molecule is Cc1cc(Cl)ccc1OCCCC(=O)OCC(=O)NCC(=O)Nc1ccc(F)c(F)c1. The number of hydrogen-bond donors (Lipinski definition) is 2. The van der Waals surface area contributed by atoms with Crippen molar-refractivity contribution in [3.63, 3.8) is 0 Å². The molecule has 0 radical (unpaired) electrons. The minimum Gasteiger partial charge on any atom is -0.493 e. The van der Waals surface area contributed by atoms with Crippen LogP contribution in [0.4, 0.5) is 14.5 Å². The molecule has 0 fully saturated rings. The fraction of sp³-hybridized carbons (Fsp3) is 0.286. The van der Waals surface area contributed by atoms with Gasteiger partial charge in [0.2, 0.25) is 5.91 Å². The largest absolute Gasteiger partial charge is 0.493 e. The Morgan fingerprint density at radius 1 is 1.03 bits per heavy atom. The van der Waals surface area contributed by atoms with Gasteiger partial charge < -0.3 is 20.1 Å². The molecule has 2 rings (SSSR count). The van der Waals surface area contributed by atoms with Crippen LogP contribution in [0.5, 0.6) is 5.75 Å². The number of anilines is 1. The third kappa shape index (κ3) is 8.59. The number of carbonyl (C=O) groups excluding carboxylic acids is 3. The van der Waals surface area contributed by atoms with Crippen molar-refractivity contribution >= 4 is 35.1 Å². The van der Waals surface area contributed by atoms with E-state index in [0.717, 1.165) is 17.7 Å². The van der Waals surface area contributed by atoms with Gasteiger partial charge in [0.25, 0.3) is 5.91 Å². The van der Waals surface area contributed by atoms with Gasteiger partial charge in [0.15, 0.2) is 18.2 Å². The smallest absolute Gasteiger partial charge is 0.306 e. The van der Waals surface area contributed by atoms with E-state index in [4.69, 9.17) is 21.1 Å². The average Bonchev–Trinajstić information content (AvgIpc) is 2.72. The van der Waals surface area contributed by atoms with E-state index in [1.165, 1.54) is 6.07 Å². The Kier molecular flexibility index (Phi) is 9.20. The molecule has 2 aromatic rings. The third-order valence-electron chi connectivity index (χ3n) is 3.93. The summed E-state index contributed by atoms with van der Waals surface area (Å²) in [5.74, 6) is -3.40. The van der Waals surface area contributed by atoms with E-state index in [2.05, 4.69) is 10.6 Å². The Hall–Kier alpha value is -3.20. The molecule has 0 spiro atoms. The van der Waals surface area contributed by atoms with Crippen LogP contribution in [0.15, 0.2) is 36.4 Å². The normalized spacial score (nSPS) is 10.3. The first-order valence-corrected chi connectivity index (χ1v) is 9.68. The van der Waals surface area contributed by atoms with Gasteiger partial charge in [0.05, 0.1) is 13.2 Å². The van der Waals surface area contributed by atoms with Gasteiger partial charge in [-0.25, -0.2) is 8.78 Å². The summed E-state index contributed by atoms with van der Waals surface area (Å²) in [5.41, 5.74) is 0.918. The Labute approximate surface area is 182 Å². The Morgan fingerprint density at radius 3 is 2.52 bits per heavy atom. The van der Waals surface area contributed by atoms with Gasteiger partial charge >= 0.3 is 5.97 Å². The minimum absolute atomic E-state index is 0.0422. The van der Waals surface area contributed by atoms with Crippen molar-refractivity contribution in [2.24, 2.45) is 0 Å². The molecule has 0 aliphatic rings. The monoisotopic (exact) mass is 454 g/mol. The van der Waals surface area contributed by atoms with Crippen LogP contribution in [0.2, 0.25) is 5.02 Å². The molecule has 166 valence electrons. The van der Waals surface area contributed by atoms with E-state index in [1.54, 1.807) is 18.2 Å². The van der Waals surface area contributed by atoms with Crippen molar-refractivity contribution in [3.8, 4) is 5.75 Å². The summed E-state index contributed by atoms with van der Waals surface area (Å²) in [6.45, 7) is 1.17.